The summed E-state index contributed by atoms with van der Waals surface area (Å²) in [4.78, 5) is 12.3. The maximum atomic E-state index is 12.3. The van der Waals surface area contributed by atoms with E-state index in [0.29, 0.717) is 0 Å². The summed E-state index contributed by atoms with van der Waals surface area (Å²) in [6.45, 7) is 10.3. The van der Waals surface area contributed by atoms with Crippen LogP contribution in [0.5, 0.6) is 5.75 Å². The molecular weight excluding hydrogens is 298 g/mol. The molecule has 1 amide bonds. The lowest BCUT2D eigenvalue weighted by Crippen LogP contribution is -2.32. The molecule has 0 radical (unpaired) electrons. The van der Waals surface area contributed by atoms with E-state index in [1.807, 2.05) is 32.0 Å². The number of benzene rings is 2. The van der Waals surface area contributed by atoms with Crippen molar-refractivity contribution >= 4 is 5.91 Å². The average molecular weight is 325 g/mol. The molecule has 2 aromatic carbocycles. The Morgan fingerprint density at radius 2 is 1.79 bits per heavy atom. The lowest BCUT2D eigenvalue weighted by Gasteiger charge is -2.19. The minimum absolute atomic E-state index is 0.0130. The van der Waals surface area contributed by atoms with Crippen molar-refractivity contribution in [2.45, 2.75) is 47.1 Å². The summed E-state index contributed by atoms with van der Waals surface area (Å²) in [6.07, 6.45) is 0.845. The van der Waals surface area contributed by atoms with Gasteiger partial charge in [0.15, 0.2) is 6.61 Å². The fraction of sp³-hybridized carbons (Fsp3) is 0.381. The highest BCUT2D eigenvalue weighted by molar-refractivity contribution is 5.78. The Morgan fingerprint density at radius 3 is 2.46 bits per heavy atom. The molecule has 0 saturated carbocycles. The van der Waals surface area contributed by atoms with Gasteiger partial charge in [-0.25, -0.2) is 0 Å². The van der Waals surface area contributed by atoms with Gasteiger partial charge in [0.1, 0.15) is 5.75 Å². The first-order chi connectivity index (χ1) is 11.4. The van der Waals surface area contributed by atoms with Crippen LogP contribution in [-0.4, -0.2) is 12.5 Å². The molecule has 0 aliphatic rings. The maximum Gasteiger partial charge on any atom is 0.258 e. The molecule has 1 atom stereocenters. The van der Waals surface area contributed by atoms with Crippen molar-refractivity contribution < 1.29 is 9.53 Å². The van der Waals surface area contributed by atoms with Crippen molar-refractivity contribution in [2.75, 3.05) is 6.61 Å². The zero-order valence-corrected chi connectivity index (χ0v) is 15.3. The summed E-state index contributed by atoms with van der Waals surface area (Å²) in [5.41, 5.74) is 5.88. The third-order valence-corrected chi connectivity index (χ3v) is 4.59. The van der Waals surface area contributed by atoms with Gasteiger partial charge in [-0.05, 0) is 68.0 Å². The molecule has 0 bridgehead atoms. The molecule has 128 valence electrons. The number of hydrogen-bond acceptors (Lipinski definition) is 2. The summed E-state index contributed by atoms with van der Waals surface area (Å²) < 4.78 is 5.69. The van der Waals surface area contributed by atoms with Gasteiger partial charge in [-0.1, -0.05) is 37.3 Å². The molecule has 24 heavy (non-hydrogen) atoms. The number of aryl methyl sites for hydroxylation is 3. The normalized spacial score (nSPS) is 11.9. The lowest BCUT2D eigenvalue weighted by atomic mass is 9.99. The van der Waals surface area contributed by atoms with Crippen LogP contribution in [0, 0.1) is 27.7 Å². The fourth-order valence-electron chi connectivity index (χ4n) is 2.66. The summed E-state index contributed by atoms with van der Waals surface area (Å²) in [5, 5.41) is 3.07. The Bertz CT molecular complexity index is 722. The molecule has 0 saturated heterocycles. The number of carbonyl (C=O) groups excluding carboxylic acids is 1. The molecule has 0 heterocycles. The molecule has 0 unspecified atom stereocenters. The van der Waals surface area contributed by atoms with Crippen molar-refractivity contribution in [2.24, 2.45) is 0 Å². The number of carbonyl (C=O) groups is 1. The van der Waals surface area contributed by atoms with Crippen LogP contribution < -0.4 is 10.1 Å². The van der Waals surface area contributed by atoms with Gasteiger partial charge < -0.3 is 10.1 Å². The smallest absolute Gasteiger partial charge is 0.258 e. The SMILES string of the molecule is CC[C@@H](NC(=O)COc1cccc(C)c1C)c1ccc(C)c(C)c1. The first-order valence-electron chi connectivity index (χ1n) is 8.48. The van der Waals surface area contributed by atoms with Crippen LogP contribution in [0.1, 0.15) is 47.2 Å². The summed E-state index contributed by atoms with van der Waals surface area (Å²) >= 11 is 0. The molecule has 0 aliphatic heterocycles. The van der Waals surface area contributed by atoms with E-state index in [4.69, 9.17) is 4.74 Å². The fourth-order valence-corrected chi connectivity index (χ4v) is 2.66. The van der Waals surface area contributed by atoms with Crippen molar-refractivity contribution in [3.8, 4) is 5.75 Å². The highest BCUT2D eigenvalue weighted by atomic mass is 16.5. The maximum absolute atomic E-state index is 12.3. The second kappa shape index (κ2) is 8.00. The second-order valence-electron chi connectivity index (χ2n) is 6.36. The minimum atomic E-state index is -0.0963. The molecular formula is C21H27NO2. The van der Waals surface area contributed by atoms with E-state index in [9.17, 15) is 4.79 Å². The van der Waals surface area contributed by atoms with Crippen LogP contribution in [0.25, 0.3) is 0 Å². The second-order valence-corrected chi connectivity index (χ2v) is 6.36. The third-order valence-electron chi connectivity index (χ3n) is 4.59. The largest absolute Gasteiger partial charge is 0.483 e. The number of nitrogens with one attached hydrogen (secondary N) is 1. The first-order valence-corrected chi connectivity index (χ1v) is 8.48. The van der Waals surface area contributed by atoms with Crippen LogP contribution in [0.3, 0.4) is 0 Å². The predicted octanol–water partition coefficient (Wildman–Crippen LogP) is 4.57. The first kappa shape index (κ1) is 18.1. The van der Waals surface area contributed by atoms with E-state index in [-0.39, 0.29) is 18.6 Å². The molecule has 2 rings (SSSR count). The Balaban J connectivity index is 1.99. The van der Waals surface area contributed by atoms with Gasteiger partial charge in [-0.15, -0.1) is 0 Å². The Morgan fingerprint density at radius 1 is 1.04 bits per heavy atom. The Labute approximate surface area is 145 Å². The number of rotatable bonds is 6. The van der Waals surface area contributed by atoms with E-state index in [1.165, 1.54) is 11.1 Å². The molecule has 3 heteroatoms. The highest BCUT2D eigenvalue weighted by Gasteiger charge is 2.14. The van der Waals surface area contributed by atoms with E-state index >= 15 is 0 Å². The minimum Gasteiger partial charge on any atom is -0.483 e. The zero-order chi connectivity index (χ0) is 17.7. The van der Waals surface area contributed by atoms with Gasteiger partial charge in [-0.2, -0.15) is 0 Å². The number of ether oxygens (including phenoxy) is 1. The van der Waals surface area contributed by atoms with Gasteiger partial charge in [0.2, 0.25) is 0 Å². The van der Waals surface area contributed by atoms with Gasteiger partial charge in [0, 0.05) is 0 Å². The van der Waals surface area contributed by atoms with Crippen LogP contribution >= 0.6 is 0 Å². The molecule has 0 aliphatic carbocycles. The van der Waals surface area contributed by atoms with Crippen molar-refractivity contribution in [1.82, 2.24) is 5.32 Å². The predicted molar refractivity (Wildman–Crippen MR) is 98.5 cm³/mol. The standard InChI is InChI=1S/C21H27NO2/c1-6-19(18-11-10-14(2)16(4)12-18)22-21(23)13-24-20-9-7-8-15(3)17(20)5/h7-12,19H,6,13H2,1-5H3,(H,22,23)/t19-/m1/s1. The van der Waals surface area contributed by atoms with Crippen molar-refractivity contribution in [3.05, 3.63) is 64.2 Å². The number of amides is 1. The molecule has 2 aromatic rings. The molecule has 0 fully saturated rings. The van der Waals surface area contributed by atoms with Gasteiger partial charge in [0.25, 0.3) is 5.91 Å². The summed E-state index contributed by atoms with van der Waals surface area (Å²) in [5.74, 6) is 0.672. The number of hydrogen-bond donors (Lipinski definition) is 1. The third kappa shape index (κ3) is 4.38. The average Bonchev–Trinajstić information content (AvgIpc) is 2.56. The Hall–Kier alpha value is -2.29. The highest BCUT2D eigenvalue weighted by Crippen LogP contribution is 2.21. The quantitative estimate of drug-likeness (QED) is 0.845. The molecule has 3 nitrogen and oxygen atoms in total. The van der Waals surface area contributed by atoms with Gasteiger partial charge in [0.05, 0.1) is 6.04 Å². The lowest BCUT2D eigenvalue weighted by molar-refractivity contribution is -0.123. The molecule has 0 aromatic heterocycles. The molecule has 1 N–H and O–H groups in total. The van der Waals surface area contributed by atoms with Crippen LogP contribution in [0.2, 0.25) is 0 Å². The summed E-state index contributed by atoms with van der Waals surface area (Å²) in [7, 11) is 0. The van der Waals surface area contributed by atoms with Crippen molar-refractivity contribution in [1.29, 1.82) is 0 Å². The monoisotopic (exact) mass is 325 g/mol. The topological polar surface area (TPSA) is 38.3 Å². The van der Waals surface area contributed by atoms with Crippen LogP contribution in [0.15, 0.2) is 36.4 Å². The van der Waals surface area contributed by atoms with E-state index < -0.39 is 0 Å². The van der Waals surface area contributed by atoms with Gasteiger partial charge >= 0.3 is 0 Å². The zero-order valence-electron chi connectivity index (χ0n) is 15.3. The van der Waals surface area contributed by atoms with Crippen LogP contribution in [0.4, 0.5) is 0 Å². The Kier molecular flexibility index (Phi) is 6.02. The van der Waals surface area contributed by atoms with Crippen LogP contribution in [-0.2, 0) is 4.79 Å². The van der Waals surface area contributed by atoms with E-state index in [0.717, 1.165) is 28.9 Å². The van der Waals surface area contributed by atoms with Crippen molar-refractivity contribution in [3.63, 3.8) is 0 Å². The van der Waals surface area contributed by atoms with Gasteiger partial charge in [-0.3, -0.25) is 4.79 Å². The van der Waals surface area contributed by atoms with E-state index in [2.05, 4.69) is 44.3 Å². The molecule has 0 spiro atoms. The summed E-state index contributed by atoms with van der Waals surface area (Å²) in [6, 6.07) is 12.2. The van der Waals surface area contributed by atoms with E-state index in [1.54, 1.807) is 0 Å².